The largest absolute Gasteiger partial charge is 0.481 e. The number of carbonyl (C=O) groups is 1. The summed E-state index contributed by atoms with van der Waals surface area (Å²) in [6, 6.07) is 0.325. The molecule has 0 spiro atoms. The standard InChI is InChI=1S/C14H25NO4/c1-19-12-4-2-3-11(12)15-9-14(18)7-5-10(6-8-14)13(16)17/h10-12,15,18H,2-9H2,1H3,(H,16,17). The number of hydrogen-bond donors (Lipinski definition) is 3. The van der Waals surface area contributed by atoms with Crippen LogP contribution < -0.4 is 5.32 Å². The van der Waals surface area contributed by atoms with E-state index in [4.69, 9.17) is 9.84 Å². The minimum absolute atomic E-state index is 0.249. The Morgan fingerprint density at radius 1 is 1.32 bits per heavy atom. The Bertz CT molecular complexity index is 313. The van der Waals surface area contributed by atoms with Crippen LogP contribution in [0.3, 0.4) is 0 Å². The second kappa shape index (κ2) is 6.20. The molecular formula is C14H25NO4. The minimum atomic E-state index is -0.743. The number of methoxy groups -OCH3 is 1. The molecular weight excluding hydrogens is 246 g/mol. The van der Waals surface area contributed by atoms with Gasteiger partial charge >= 0.3 is 5.97 Å². The molecule has 0 radical (unpaired) electrons. The molecule has 3 N–H and O–H groups in total. The van der Waals surface area contributed by atoms with Crippen molar-refractivity contribution < 1.29 is 19.7 Å². The molecule has 0 heterocycles. The summed E-state index contributed by atoms with van der Waals surface area (Å²) < 4.78 is 5.42. The van der Waals surface area contributed by atoms with Crippen LogP contribution in [0.4, 0.5) is 0 Å². The molecule has 2 atom stereocenters. The summed E-state index contributed by atoms with van der Waals surface area (Å²) in [6.07, 6.45) is 5.87. The van der Waals surface area contributed by atoms with Crippen molar-refractivity contribution in [1.29, 1.82) is 0 Å². The molecule has 2 aliphatic carbocycles. The Labute approximate surface area is 114 Å². The van der Waals surface area contributed by atoms with Gasteiger partial charge in [-0.05, 0) is 44.9 Å². The molecule has 0 aliphatic heterocycles. The Morgan fingerprint density at radius 2 is 2.00 bits per heavy atom. The summed E-state index contributed by atoms with van der Waals surface area (Å²) in [6.45, 7) is 0.546. The van der Waals surface area contributed by atoms with Gasteiger partial charge in [0.15, 0.2) is 0 Å². The number of carboxylic acids is 1. The molecule has 19 heavy (non-hydrogen) atoms. The fourth-order valence-electron chi connectivity index (χ4n) is 3.34. The first-order valence-electron chi connectivity index (χ1n) is 7.25. The molecule has 2 unspecified atom stereocenters. The van der Waals surface area contributed by atoms with Crippen LogP contribution in [-0.4, -0.2) is 47.6 Å². The Morgan fingerprint density at radius 3 is 2.58 bits per heavy atom. The minimum Gasteiger partial charge on any atom is -0.481 e. The number of aliphatic carboxylic acids is 1. The van der Waals surface area contributed by atoms with Crippen LogP contribution in [-0.2, 0) is 9.53 Å². The normalized spacial score (nSPS) is 39.4. The zero-order chi connectivity index (χ0) is 13.9. The first-order chi connectivity index (χ1) is 9.04. The van der Waals surface area contributed by atoms with Gasteiger partial charge in [0.1, 0.15) is 0 Å². The number of rotatable bonds is 5. The van der Waals surface area contributed by atoms with Crippen molar-refractivity contribution in [2.24, 2.45) is 5.92 Å². The lowest BCUT2D eigenvalue weighted by Gasteiger charge is -2.36. The molecule has 0 aromatic heterocycles. The van der Waals surface area contributed by atoms with Gasteiger partial charge in [0, 0.05) is 19.7 Å². The smallest absolute Gasteiger partial charge is 0.306 e. The maximum absolute atomic E-state index is 10.9. The fourth-order valence-corrected chi connectivity index (χ4v) is 3.34. The van der Waals surface area contributed by atoms with Gasteiger partial charge in [-0.2, -0.15) is 0 Å². The average molecular weight is 271 g/mol. The highest BCUT2D eigenvalue weighted by Crippen LogP contribution is 2.32. The van der Waals surface area contributed by atoms with Crippen LogP contribution in [0.25, 0.3) is 0 Å². The first kappa shape index (κ1) is 14.8. The number of nitrogens with one attached hydrogen (secondary N) is 1. The number of ether oxygens (including phenoxy) is 1. The van der Waals surface area contributed by atoms with Crippen molar-refractivity contribution >= 4 is 5.97 Å². The third-order valence-corrected chi connectivity index (χ3v) is 4.71. The van der Waals surface area contributed by atoms with Gasteiger partial charge in [-0.1, -0.05) is 0 Å². The average Bonchev–Trinajstić information content (AvgIpc) is 2.84. The van der Waals surface area contributed by atoms with E-state index in [2.05, 4.69) is 5.32 Å². The highest BCUT2D eigenvalue weighted by atomic mass is 16.5. The van der Waals surface area contributed by atoms with Crippen molar-refractivity contribution in [2.45, 2.75) is 62.7 Å². The van der Waals surface area contributed by atoms with Gasteiger partial charge in [-0.25, -0.2) is 0 Å². The topological polar surface area (TPSA) is 78.8 Å². The van der Waals surface area contributed by atoms with Gasteiger partial charge in [-0.15, -0.1) is 0 Å². The number of hydrogen-bond acceptors (Lipinski definition) is 4. The zero-order valence-corrected chi connectivity index (χ0v) is 11.6. The highest BCUT2D eigenvalue weighted by molar-refractivity contribution is 5.70. The van der Waals surface area contributed by atoms with Crippen LogP contribution in [0.2, 0.25) is 0 Å². The van der Waals surface area contributed by atoms with E-state index in [1.165, 1.54) is 0 Å². The van der Waals surface area contributed by atoms with Crippen LogP contribution >= 0.6 is 0 Å². The molecule has 110 valence electrons. The molecule has 0 amide bonds. The first-order valence-corrected chi connectivity index (χ1v) is 7.25. The Balaban J connectivity index is 1.78. The van der Waals surface area contributed by atoms with Crippen LogP contribution in [0.1, 0.15) is 44.9 Å². The summed E-state index contributed by atoms with van der Waals surface area (Å²) in [7, 11) is 1.73. The lowest BCUT2D eigenvalue weighted by molar-refractivity contribution is -0.144. The Hall–Kier alpha value is -0.650. The molecule has 2 rings (SSSR count). The van der Waals surface area contributed by atoms with E-state index in [0.717, 1.165) is 19.3 Å². The van der Waals surface area contributed by atoms with E-state index in [0.29, 0.717) is 38.3 Å². The van der Waals surface area contributed by atoms with Gasteiger partial charge < -0.3 is 20.3 Å². The van der Waals surface area contributed by atoms with E-state index >= 15 is 0 Å². The molecule has 0 bridgehead atoms. The number of carboxylic acid groups (broad SMARTS) is 1. The van der Waals surface area contributed by atoms with Gasteiger partial charge in [-0.3, -0.25) is 4.79 Å². The van der Waals surface area contributed by atoms with E-state index in [-0.39, 0.29) is 12.0 Å². The third kappa shape index (κ3) is 3.68. The second-order valence-electron chi connectivity index (χ2n) is 6.03. The molecule has 5 nitrogen and oxygen atoms in total. The molecule has 2 saturated carbocycles. The third-order valence-electron chi connectivity index (χ3n) is 4.71. The van der Waals surface area contributed by atoms with E-state index in [1.54, 1.807) is 7.11 Å². The summed E-state index contributed by atoms with van der Waals surface area (Å²) >= 11 is 0. The zero-order valence-electron chi connectivity index (χ0n) is 11.6. The quantitative estimate of drug-likeness (QED) is 0.699. The van der Waals surface area contributed by atoms with Crippen LogP contribution in [0, 0.1) is 5.92 Å². The highest BCUT2D eigenvalue weighted by Gasteiger charge is 2.37. The summed E-state index contributed by atoms with van der Waals surface area (Å²) in [5.41, 5.74) is -0.743. The second-order valence-corrected chi connectivity index (χ2v) is 6.03. The SMILES string of the molecule is COC1CCCC1NCC1(O)CCC(C(=O)O)CC1. The molecule has 0 saturated heterocycles. The van der Waals surface area contributed by atoms with Crippen molar-refractivity contribution in [1.82, 2.24) is 5.32 Å². The maximum atomic E-state index is 10.9. The van der Waals surface area contributed by atoms with E-state index < -0.39 is 11.6 Å². The molecule has 0 aromatic carbocycles. The van der Waals surface area contributed by atoms with Gasteiger partial charge in [0.25, 0.3) is 0 Å². The monoisotopic (exact) mass is 271 g/mol. The maximum Gasteiger partial charge on any atom is 0.306 e. The summed E-state index contributed by atoms with van der Waals surface area (Å²) in [4.78, 5) is 10.9. The molecule has 5 heteroatoms. The van der Waals surface area contributed by atoms with Gasteiger partial charge in [0.2, 0.25) is 0 Å². The van der Waals surface area contributed by atoms with Crippen molar-refractivity contribution in [3.05, 3.63) is 0 Å². The van der Waals surface area contributed by atoms with Crippen molar-refractivity contribution in [3.8, 4) is 0 Å². The van der Waals surface area contributed by atoms with Gasteiger partial charge in [0.05, 0.1) is 17.6 Å². The summed E-state index contributed by atoms with van der Waals surface area (Å²) in [5, 5.41) is 22.9. The Kier molecular flexibility index (Phi) is 4.81. The molecule has 0 aromatic rings. The molecule has 2 fully saturated rings. The van der Waals surface area contributed by atoms with Crippen LogP contribution in [0.15, 0.2) is 0 Å². The fraction of sp³-hybridized carbons (Fsp3) is 0.929. The van der Waals surface area contributed by atoms with Crippen molar-refractivity contribution in [3.63, 3.8) is 0 Å². The van der Waals surface area contributed by atoms with Crippen molar-refractivity contribution in [2.75, 3.05) is 13.7 Å². The lowest BCUT2D eigenvalue weighted by Crippen LogP contribution is -2.49. The molecule has 2 aliphatic rings. The lowest BCUT2D eigenvalue weighted by atomic mass is 9.78. The predicted octanol–water partition coefficient (Wildman–Crippen LogP) is 1.15. The van der Waals surface area contributed by atoms with Crippen LogP contribution in [0.5, 0.6) is 0 Å². The van der Waals surface area contributed by atoms with E-state index in [9.17, 15) is 9.90 Å². The predicted molar refractivity (Wildman–Crippen MR) is 71.0 cm³/mol. The number of aliphatic hydroxyl groups is 1. The summed E-state index contributed by atoms with van der Waals surface area (Å²) in [5.74, 6) is -1.01. The van der Waals surface area contributed by atoms with E-state index in [1.807, 2.05) is 0 Å².